The van der Waals surface area contributed by atoms with Gasteiger partial charge in [-0.2, -0.15) is 0 Å². The maximum Gasteiger partial charge on any atom is 0.188 e. The van der Waals surface area contributed by atoms with Crippen molar-refractivity contribution in [1.29, 1.82) is 0 Å². The van der Waals surface area contributed by atoms with Gasteiger partial charge in [-0.1, -0.05) is 29.8 Å². The Balaban J connectivity index is 1.87. The number of hydrogen-bond donors (Lipinski definition) is 0. The van der Waals surface area contributed by atoms with Crippen LogP contribution in [0.25, 0.3) is 16.2 Å². The first-order valence-corrected chi connectivity index (χ1v) is 8.67. The summed E-state index contributed by atoms with van der Waals surface area (Å²) in [4.78, 5) is 5.77. The third-order valence-electron chi connectivity index (χ3n) is 3.68. The van der Waals surface area contributed by atoms with E-state index < -0.39 is 0 Å². The molecule has 0 amide bonds. The molecule has 24 heavy (non-hydrogen) atoms. The third-order valence-corrected chi connectivity index (χ3v) is 4.79. The highest BCUT2D eigenvalue weighted by atomic mass is 35.5. The number of thiophene rings is 1. The summed E-state index contributed by atoms with van der Waals surface area (Å²) in [5, 5.41) is 11.6. The Morgan fingerprint density at radius 3 is 2.83 bits per heavy atom. The van der Waals surface area contributed by atoms with Gasteiger partial charge in [-0.3, -0.25) is 4.40 Å². The van der Waals surface area contributed by atoms with Crippen LogP contribution in [0.3, 0.4) is 0 Å². The first kappa shape index (κ1) is 15.1. The molecule has 6 heteroatoms. The summed E-state index contributed by atoms with van der Waals surface area (Å²) in [6.45, 7) is 1.99. The SMILES string of the molecule is Cc1ccc(Cl)cc1N=Nc1c(-c2cccs2)nc2ccccn12. The molecule has 0 aliphatic heterocycles. The van der Waals surface area contributed by atoms with Crippen molar-refractivity contribution >= 4 is 40.1 Å². The summed E-state index contributed by atoms with van der Waals surface area (Å²) >= 11 is 7.70. The van der Waals surface area contributed by atoms with Crippen molar-refractivity contribution < 1.29 is 0 Å². The van der Waals surface area contributed by atoms with E-state index >= 15 is 0 Å². The maximum atomic E-state index is 6.07. The minimum absolute atomic E-state index is 0.645. The Kier molecular flexibility index (Phi) is 3.88. The normalized spacial score (nSPS) is 11.6. The number of nitrogens with zero attached hydrogens (tertiary/aromatic N) is 4. The minimum atomic E-state index is 0.645. The highest BCUT2D eigenvalue weighted by molar-refractivity contribution is 7.13. The number of pyridine rings is 1. The van der Waals surface area contributed by atoms with E-state index in [1.54, 1.807) is 11.3 Å². The van der Waals surface area contributed by atoms with Gasteiger partial charge in [0, 0.05) is 11.2 Å². The van der Waals surface area contributed by atoms with Crippen molar-refractivity contribution in [3.05, 3.63) is 70.7 Å². The molecule has 3 aromatic heterocycles. The molecule has 0 spiro atoms. The van der Waals surface area contributed by atoms with Gasteiger partial charge in [0.15, 0.2) is 5.82 Å². The maximum absolute atomic E-state index is 6.07. The van der Waals surface area contributed by atoms with Gasteiger partial charge in [0.25, 0.3) is 0 Å². The molecule has 0 fully saturated rings. The van der Waals surface area contributed by atoms with Crippen LogP contribution in [0.2, 0.25) is 5.02 Å². The Bertz CT molecular complexity index is 1030. The number of aromatic nitrogens is 2. The molecule has 3 heterocycles. The van der Waals surface area contributed by atoms with Crippen LogP contribution in [0.4, 0.5) is 11.5 Å². The molecule has 0 bridgehead atoms. The van der Waals surface area contributed by atoms with Crippen LogP contribution >= 0.6 is 22.9 Å². The van der Waals surface area contributed by atoms with E-state index in [-0.39, 0.29) is 0 Å². The standard InChI is InChI=1S/C18H13ClN4S/c1-12-7-8-13(19)11-14(12)21-22-18-17(15-5-4-10-24-15)20-16-6-2-3-9-23(16)18/h2-11H,1H3. The van der Waals surface area contributed by atoms with Crippen molar-refractivity contribution in [2.45, 2.75) is 6.92 Å². The van der Waals surface area contributed by atoms with E-state index in [1.165, 1.54) is 0 Å². The number of imidazole rings is 1. The van der Waals surface area contributed by atoms with Gasteiger partial charge in [0.1, 0.15) is 11.3 Å². The van der Waals surface area contributed by atoms with Crippen LogP contribution in [-0.4, -0.2) is 9.38 Å². The molecule has 0 radical (unpaired) electrons. The number of aryl methyl sites for hydroxylation is 1. The molecule has 0 unspecified atom stereocenters. The van der Waals surface area contributed by atoms with E-state index in [2.05, 4.69) is 10.2 Å². The summed E-state index contributed by atoms with van der Waals surface area (Å²) in [6.07, 6.45) is 1.94. The van der Waals surface area contributed by atoms with E-state index in [9.17, 15) is 0 Å². The molecule has 0 N–H and O–H groups in total. The fraction of sp³-hybridized carbons (Fsp3) is 0.0556. The molecule has 0 aliphatic rings. The fourth-order valence-corrected chi connectivity index (χ4v) is 3.32. The van der Waals surface area contributed by atoms with Crippen molar-refractivity contribution in [1.82, 2.24) is 9.38 Å². The van der Waals surface area contributed by atoms with Crippen molar-refractivity contribution in [2.24, 2.45) is 10.2 Å². The molecule has 0 aliphatic carbocycles. The summed E-state index contributed by atoms with van der Waals surface area (Å²) in [6, 6.07) is 15.5. The molecule has 4 rings (SSSR count). The minimum Gasteiger partial charge on any atom is -0.283 e. The Labute approximate surface area is 148 Å². The van der Waals surface area contributed by atoms with Gasteiger partial charge >= 0.3 is 0 Å². The van der Waals surface area contributed by atoms with Crippen LogP contribution in [0.15, 0.2) is 70.3 Å². The molecular weight excluding hydrogens is 340 g/mol. The smallest absolute Gasteiger partial charge is 0.188 e. The van der Waals surface area contributed by atoms with E-state index in [1.807, 2.05) is 71.4 Å². The Morgan fingerprint density at radius 2 is 2.00 bits per heavy atom. The third kappa shape index (κ3) is 2.72. The number of hydrogen-bond acceptors (Lipinski definition) is 4. The lowest BCUT2D eigenvalue weighted by atomic mass is 10.2. The van der Waals surface area contributed by atoms with E-state index in [0.29, 0.717) is 10.8 Å². The van der Waals surface area contributed by atoms with Crippen molar-refractivity contribution in [3.63, 3.8) is 0 Å². The van der Waals surface area contributed by atoms with E-state index in [0.717, 1.165) is 27.5 Å². The zero-order valence-corrected chi connectivity index (χ0v) is 14.4. The lowest BCUT2D eigenvalue weighted by Crippen LogP contribution is -1.81. The highest BCUT2D eigenvalue weighted by Gasteiger charge is 2.14. The molecule has 1 aromatic carbocycles. The average Bonchev–Trinajstić information content (AvgIpc) is 3.23. The number of fused-ring (bicyclic) bond motifs is 1. The monoisotopic (exact) mass is 352 g/mol. The summed E-state index contributed by atoms with van der Waals surface area (Å²) in [7, 11) is 0. The second-order valence-electron chi connectivity index (χ2n) is 5.32. The highest BCUT2D eigenvalue weighted by Crippen LogP contribution is 2.35. The van der Waals surface area contributed by atoms with Crippen LogP contribution in [-0.2, 0) is 0 Å². The summed E-state index contributed by atoms with van der Waals surface area (Å²) in [5.41, 5.74) is 3.46. The van der Waals surface area contributed by atoms with Gasteiger partial charge in [-0.15, -0.1) is 21.6 Å². The second kappa shape index (κ2) is 6.19. The van der Waals surface area contributed by atoms with Crippen molar-refractivity contribution in [3.8, 4) is 10.6 Å². The molecule has 4 nitrogen and oxygen atoms in total. The predicted molar refractivity (Wildman–Crippen MR) is 98.9 cm³/mol. The van der Waals surface area contributed by atoms with E-state index in [4.69, 9.17) is 16.6 Å². The van der Waals surface area contributed by atoms with Crippen molar-refractivity contribution in [2.75, 3.05) is 0 Å². The quantitative estimate of drug-likeness (QED) is 0.391. The fourth-order valence-electron chi connectivity index (χ4n) is 2.45. The molecular formula is C18H13ClN4S. The first-order valence-electron chi connectivity index (χ1n) is 7.41. The number of rotatable bonds is 3. The van der Waals surface area contributed by atoms with Gasteiger partial charge in [-0.25, -0.2) is 4.98 Å². The average molecular weight is 353 g/mol. The summed E-state index contributed by atoms with van der Waals surface area (Å²) in [5.74, 6) is 0.715. The zero-order chi connectivity index (χ0) is 16.5. The number of benzene rings is 1. The largest absolute Gasteiger partial charge is 0.283 e. The lowest BCUT2D eigenvalue weighted by Gasteiger charge is -2.00. The zero-order valence-electron chi connectivity index (χ0n) is 12.8. The molecule has 118 valence electrons. The molecule has 0 saturated carbocycles. The number of azo groups is 1. The predicted octanol–water partition coefficient (Wildman–Crippen LogP) is 6.44. The Morgan fingerprint density at radius 1 is 1.08 bits per heavy atom. The Hall–Kier alpha value is -2.50. The second-order valence-corrected chi connectivity index (χ2v) is 6.71. The van der Waals surface area contributed by atoms with Gasteiger partial charge in [0.2, 0.25) is 0 Å². The van der Waals surface area contributed by atoms with Crippen LogP contribution < -0.4 is 0 Å². The van der Waals surface area contributed by atoms with Crippen LogP contribution in [0, 0.1) is 6.92 Å². The topological polar surface area (TPSA) is 42.0 Å². The van der Waals surface area contributed by atoms with Gasteiger partial charge in [0.05, 0.1) is 10.6 Å². The number of halogens is 1. The summed E-state index contributed by atoms with van der Waals surface area (Å²) < 4.78 is 1.94. The van der Waals surface area contributed by atoms with Gasteiger partial charge < -0.3 is 0 Å². The van der Waals surface area contributed by atoms with Crippen LogP contribution in [0.1, 0.15) is 5.56 Å². The van der Waals surface area contributed by atoms with Gasteiger partial charge in [-0.05, 0) is 48.2 Å². The molecule has 0 atom stereocenters. The molecule has 0 saturated heterocycles. The first-order chi connectivity index (χ1) is 11.7. The lowest BCUT2D eigenvalue weighted by molar-refractivity contribution is 1.10. The molecule has 4 aromatic rings. The van der Waals surface area contributed by atoms with Crippen LogP contribution in [0.5, 0.6) is 0 Å².